The van der Waals surface area contributed by atoms with Gasteiger partial charge in [0.2, 0.25) is 0 Å². The number of hydrogen-bond acceptors (Lipinski definition) is 3. The summed E-state index contributed by atoms with van der Waals surface area (Å²) < 4.78 is 0.722. The molecule has 0 spiro atoms. The number of nitrogens with zero attached hydrogens (tertiary/aromatic N) is 1. The first kappa shape index (κ1) is 14.1. The summed E-state index contributed by atoms with van der Waals surface area (Å²) in [5, 5.41) is 11.0. The van der Waals surface area contributed by atoms with E-state index in [1.165, 1.54) is 22.9 Å². The summed E-state index contributed by atoms with van der Waals surface area (Å²) in [6, 6.07) is 13.2. The van der Waals surface area contributed by atoms with Gasteiger partial charge in [0.1, 0.15) is 0 Å². The molecule has 0 bridgehead atoms. The molecule has 98 valence electrons. The zero-order valence-corrected chi connectivity index (χ0v) is 12.7. The fourth-order valence-electron chi connectivity index (χ4n) is 1.68. The van der Waals surface area contributed by atoms with E-state index in [-0.39, 0.29) is 10.6 Å². The van der Waals surface area contributed by atoms with Crippen LogP contribution in [0.15, 0.2) is 51.8 Å². The van der Waals surface area contributed by atoms with E-state index >= 15 is 0 Å². The molecule has 3 nitrogen and oxygen atoms in total. The molecule has 19 heavy (non-hydrogen) atoms. The largest absolute Gasteiger partial charge is 0.284 e. The first-order valence-electron chi connectivity index (χ1n) is 5.69. The standard InChI is InChI=1S/C14H12BrNO2S/c1-10-4-2-3-5-11(10)9-19-14-7-6-12(15)8-13(14)16(17)18/h2-8H,9H2,1H3. The Balaban J connectivity index is 2.20. The minimum Gasteiger partial charge on any atom is -0.258 e. The zero-order chi connectivity index (χ0) is 13.8. The minimum atomic E-state index is -0.342. The molecule has 0 saturated heterocycles. The quantitative estimate of drug-likeness (QED) is 0.450. The Bertz CT molecular complexity index is 616. The van der Waals surface area contributed by atoms with Gasteiger partial charge in [-0.25, -0.2) is 0 Å². The highest BCUT2D eigenvalue weighted by atomic mass is 79.9. The van der Waals surface area contributed by atoms with Crippen molar-refractivity contribution < 1.29 is 4.92 Å². The van der Waals surface area contributed by atoms with Gasteiger partial charge in [0.25, 0.3) is 5.69 Å². The molecule has 0 aromatic heterocycles. The molecule has 0 radical (unpaired) electrons. The van der Waals surface area contributed by atoms with Gasteiger partial charge in [-0.1, -0.05) is 40.2 Å². The van der Waals surface area contributed by atoms with Gasteiger partial charge < -0.3 is 0 Å². The van der Waals surface area contributed by atoms with E-state index in [4.69, 9.17) is 0 Å². The van der Waals surface area contributed by atoms with E-state index in [0.717, 1.165) is 10.2 Å². The first-order valence-corrected chi connectivity index (χ1v) is 7.47. The Kier molecular flexibility index (Phi) is 4.61. The van der Waals surface area contributed by atoms with E-state index in [1.807, 2.05) is 37.3 Å². The number of benzene rings is 2. The third kappa shape index (κ3) is 3.58. The number of hydrogen-bond donors (Lipinski definition) is 0. The zero-order valence-electron chi connectivity index (χ0n) is 10.3. The Morgan fingerprint density at radius 3 is 2.68 bits per heavy atom. The fraction of sp³-hybridized carbons (Fsp3) is 0.143. The van der Waals surface area contributed by atoms with Crippen LogP contribution < -0.4 is 0 Å². The molecule has 2 rings (SSSR count). The summed E-state index contributed by atoms with van der Waals surface area (Å²) in [5.74, 6) is 0.731. The second kappa shape index (κ2) is 6.21. The molecule has 0 heterocycles. The summed E-state index contributed by atoms with van der Waals surface area (Å²) in [7, 11) is 0. The van der Waals surface area contributed by atoms with Crippen LogP contribution in [0.2, 0.25) is 0 Å². The van der Waals surface area contributed by atoms with Crippen molar-refractivity contribution in [2.45, 2.75) is 17.6 Å². The van der Waals surface area contributed by atoms with E-state index in [1.54, 1.807) is 12.1 Å². The van der Waals surface area contributed by atoms with Crippen molar-refractivity contribution in [3.63, 3.8) is 0 Å². The molecule has 0 amide bonds. The molecule has 5 heteroatoms. The van der Waals surface area contributed by atoms with Gasteiger partial charge in [-0.15, -0.1) is 11.8 Å². The van der Waals surface area contributed by atoms with E-state index in [2.05, 4.69) is 15.9 Å². The number of nitro groups is 1. The predicted octanol–water partition coefficient (Wildman–Crippen LogP) is 4.96. The van der Waals surface area contributed by atoms with E-state index in [9.17, 15) is 10.1 Å². The van der Waals surface area contributed by atoms with Crippen molar-refractivity contribution in [3.8, 4) is 0 Å². The van der Waals surface area contributed by atoms with Crippen molar-refractivity contribution in [1.82, 2.24) is 0 Å². The van der Waals surface area contributed by atoms with Gasteiger partial charge in [0, 0.05) is 16.3 Å². The van der Waals surface area contributed by atoms with Crippen LogP contribution in [0.25, 0.3) is 0 Å². The topological polar surface area (TPSA) is 43.1 Å². The van der Waals surface area contributed by atoms with Crippen molar-refractivity contribution in [3.05, 3.63) is 68.2 Å². The summed E-state index contributed by atoms with van der Waals surface area (Å²) >= 11 is 4.75. The Labute approximate surface area is 124 Å². The highest BCUT2D eigenvalue weighted by Gasteiger charge is 2.14. The van der Waals surface area contributed by atoms with Gasteiger partial charge in [-0.2, -0.15) is 0 Å². The maximum Gasteiger partial charge on any atom is 0.284 e. The molecule has 0 saturated carbocycles. The van der Waals surface area contributed by atoms with Crippen LogP contribution in [0.3, 0.4) is 0 Å². The highest BCUT2D eigenvalue weighted by molar-refractivity contribution is 9.10. The van der Waals surface area contributed by atoms with Crippen molar-refractivity contribution in [2.24, 2.45) is 0 Å². The number of rotatable bonds is 4. The van der Waals surface area contributed by atoms with Crippen molar-refractivity contribution >= 4 is 33.4 Å². The molecule has 0 unspecified atom stereocenters. The predicted molar refractivity (Wildman–Crippen MR) is 81.5 cm³/mol. The lowest BCUT2D eigenvalue weighted by Crippen LogP contribution is -1.92. The van der Waals surface area contributed by atoms with Crippen LogP contribution in [0.1, 0.15) is 11.1 Å². The number of aryl methyl sites for hydroxylation is 1. The van der Waals surface area contributed by atoms with Crippen LogP contribution in [-0.4, -0.2) is 4.92 Å². The maximum atomic E-state index is 11.0. The van der Waals surface area contributed by atoms with Crippen LogP contribution in [0.4, 0.5) is 5.69 Å². The molecule has 0 aliphatic heterocycles. The SMILES string of the molecule is Cc1ccccc1CSc1ccc(Br)cc1[N+](=O)[O-]. The van der Waals surface area contributed by atoms with E-state index in [0.29, 0.717) is 4.90 Å². The average Bonchev–Trinajstić information content (AvgIpc) is 2.38. The third-order valence-electron chi connectivity index (χ3n) is 2.76. The van der Waals surface area contributed by atoms with Crippen LogP contribution in [0, 0.1) is 17.0 Å². The van der Waals surface area contributed by atoms with Crippen molar-refractivity contribution in [1.29, 1.82) is 0 Å². The second-order valence-corrected chi connectivity index (χ2v) is 6.02. The molecule has 0 atom stereocenters. The van der Waals surface area contributed by atoms with E-state index < -0.39 is 0 Å². The van der Waals surface area contributed by atoms with Gasteiger partial charge in [0.05, 0.1) is 9.82 Å². The minimum absolute atomic E-state index is 0.146. The molecule has 0 aliphatic carbocycles. The van der Waals surface area contributed by atoms with Gasteiger partial charge in [0.15, 0.2) is 0 Å². The molecular weight excluding hydrogens is 326 g/mol. The monoisotopic (exact) mass is 337 g/mol. The molecular formula is C14H12BrNO2S. The normalized spacial score (nSPS) is 10.4. The highest BCUT2D eigenvalue weighted by Crippen LogP contribution is 2.34. The van der Waals surface area contributed by atoms with Crippen molar-refractivity contribution in [2.75, 3.05) is 0 Å². The Morgan fingerprint density at radius 2 is 2.00 bits per heavy atom. The first-order chi connectivity index (χ1) is 9.08. The maximum absolute atomic E-state index is 11.0. The smallest absolute Gasteiger partial charge is 0.258 e. The summed E-state index contributed by atoms with van der Waals surface area (Å²) in [6.45, 7) is 2.05. The molecule has 0 N–H and O–H groups in total. The third-order valence-corrected chi connectivity index (χ3v) is 4.37. The van der Waals surface area contributed by atoms with Crippen LogP contribution in [-0.2, 0) is 5.75 Å². The van der Waals surface area contributed by atoms with Gasteiger partial charge in [-0.05, 0) is 30.2 Å². The summed E-state index contributed by atoms with van der Waals surface area (Å²) in [6.07, 6.45) is 0. The lowest BCUT2D eigenvalue weighted by molar-refractivity contribution is -0.387. The number of thioether (sulfide) groups is 1. The molecule has 0 aliphatic rings. The lowest BCUT2D eigenvalue weighted by atomic mass is 10.1. The molecule has 2 aromatic rings. The Hall–Kier alpha value is -1.33. The Morgan fingerprint density at radius 1 is 1.26 bits per heavy atom. The number of halogens is 1. The number of nitro benzene ring substituents is 1. The summed E-state index contributed by atoms with van der Waals surface area (Å²) in [5.41, 5.74) is 2.55. The van der Waals surface area contributed by atoms with Gasteiger partial charge in [-0.3, -0.25) is 10.1 Å². The lowest BCUT2D eigenvalue weighted by Gasteiger charge is -2.06. The fourth-order valence-corrected chi connectivity index (χ4v) is 3.11. The van der Waals surface area contributed by atoms with Gasteiger partial charge >= 0.3 is 0 Å². The van der Waals surface area contributed by atoms with Crippen LogP contribution >= 0.6 is 27.7 Å². The average molecular weight is 338 g/mol. The second-order valence-electron chi connectivity index (χ2n) is 4.08. The molecule has 2 aromatic carbocycles. The molecule has 0 fully saturated rings. The summed E-state index contributed by atoms with van der Waals surface area (Å²) in [4.78, 5) is 11.4. The van der Waals surface area contributed by atoms with Crippen LogP contribution in [0.5, 0.6) is 0 Å².